The minimum Gasteiger partial charge on any atom is -0.550 e. The Labute approximate surface area is 106 Å². The van der Waals surface area contributed by atoms with Crippen molar-refractivity contribution in [2.24, 2.45) is 0 Å². The van der Waals surface area contributed by atoms with Crippen molar-refractivity contribution in [2.45, 2.75) is 18.9 Å². The molecular weight excluding hydrogens is 254 g/mol. The predicted octanol–water partition coefficient (Wildman–Crippen LogP) is -0.315. The van der Waals surface area contributed by atoms with Crippen molar-refractivity contribution in [1.82, 2.24) is 4.31 Å². The first-order valence-corrected chi connectivity index (χ1v) is 7.49. The van der Waals surface area contributed by atoms with Gasteiger partial charge in [-0.05, 0) is 17.5 Å². The van der Waals surface area contributed by atoms with E-state index in [0.717, 1.165) is 17.4 Å². The summed E-state index contributed by atoms with van der Waals surface area (Å²) in [6, 6.07) is 6.67. The van der Waals surface area contributed by atoms with Crippen LogP contribution >= 0.6 is 0 Å². The number of hydrogen-bond donors (Lipinski definition) is 0. The van der Waals surface area contributed by atoms with Crippen LogP contribution in [0.1, 0.15) is 23.6 Å². The normalized spacial score (nSPS) is 20.4. The first-order valence-electron chi connectivity index (χ1n) is 5.64. The van der Waals surface area contributed by atoms with Crippen LogP contribution in [0.3, 0.4) is 0 Å². The highest BCUT2D eigenvalue weighted by Gasteiger charge is 2.32. The molecule has 2 rings (SSSR count). The maximum atomic E-state index is 11.7. The number of nitrogens with zero attached hydrogens (tertiary/aromatic N) is 1. The Kier molecular flexibility index (Phi) is 3.41. The van der Waals surface area contributed by atoms with Crippen LogP contribution in [0.4, 0.5) is 0 Å². The zero-order valence-electron chi connectivity index (χ0n) is 10.00. The van der Waals surface area contributed by atoms with E-state index >= 15 is 0 Å². The molecule has 0 N–H and O–H groups in total. The van der Waals surface area contributed by atoms with E-state index in [4.69, 9.17) is 0 Å². The van der Waals surface area contributed by atoms with Crippen LogP contribution in [0.15, 0.2) is 24.3 Å². The van der Waals surface area contributed by atoms with E-state index < -0.39 is 22.0 Å². The van der Waals surface area contributed by atoms with Crippen LogP contribution in [0.5, 0.6) is 0 Å². The Morgan fingerprint density at radius 3 is 2.72 bits per heavy atom. The van der Waals surface area contributed by atoms with E-state index in [1.54, 1.807) is 12.1 Å². The van der Waals surface area contributed by atoms with Gasteiger partial charge in [-0.1, -0.05) is 24.3 Å². The van der Waals surface area contributed by atoms with Gasteiger partial charge in [-0.15, -0.1) is 0 Å². The molecule has 98 valence electrons. The summed E-state index contributed by atoms with van der Waals surface area (Å²) in [6.07, 6.45) is 1.39. The summed E-state index contributed by atoms with van der Waals surface area (Å²) in [5.41, 5.74) is 1.77. The van der Waals surface area contributed by atoms with Crippen molar-refractivity contribution in [3.63, 3.8) is 0 Å². The second kappa shape index (κ2) is 4.70. The summed E-state index contributed by atoms with van der Waals surface area (Å²) >= 11 is 0. The molecule has 6 heteroatoms. The summed E-state index contributed by atoms with van der Waals surface area (Å²) in [4.78, 5) is 10.8. The third-order valence-electron chi connectivity index (χ3n) is 3.15. The van der Waals surface area contributed by atoms with Crippen molar-refractivity contribution in [1.29, 1.82) is 0 Å². The highest BCUT2D eigenvalue weighted by Crippen LogP contribution is 2.33. The average Bonchev–Trinajstić information content (AvgIpc) is 2.27. The Bertz CT molecular complexity index is 567. The number of carboxylic acid groups (broad SMARTS) is 1. The molecule has 0 aromatic heterocycles. The van der Waals surface area contributed by atoms with Gasteiger partial charge in [0.25, 0.3) is 0 Å². The largest absolute Gasteiger partial charge is 0.550 e. The van der Waals surface area contributed by atoms with E-state index in [-0.39, 0.29) is 6.42 Å². The molecule has 1 aliphatic heterocycles. The Morgan fingerprint density at radius 1 is 1.44 bits per heavy atom. The first kappa shape index (κ1) is 13.0. The maximum absolute atomic E-state index is 11.7. The fourth-order valence-corrected chi connectivity index (χ4v) is 3.47. The smallest absolute Gasteiger partial charge is 0.211 e. The lowest BCUT2D eigenvalue weighted by Crippen LogP contribution is -2.42. The highest BCUT2D eigenvalue weighted by molar-refractivity contribution is 7.88. The number of carbonyl (C=O) groups is 1. The molecule has 1 aromatic carbocycles. The minimum atomic E-state index is -3.42. The maximum Gasteiger partial charge on any atom is 0.211 e. The SMILES string of the molecule is CS(=O)(=O)N1CCc2ccccc2[C@@H]1CC(=O)[O-]. The van der Waals surface area contributed by atoms with Gasteiger partial charge in [0, 0.05) is 18.9 Å². The van der Waals surface area contributed by atoms with Crippen molar-refractivity contribution in [3.8, 4) is 0 Å². The van der Waals surface area contributed by atoms with Crippen LogP contribution in [-0.4, -0.2) is 31.5 Å². The Hall–Kier alpha value is -1.40. The van der Waals surface area contributed by atoms with E-state index in [9.17, 15) is 18.3 Å². The molecule has 1 aliphatic rings. The molecule has 1 heterocycles. The zero-order chi connectivity index (χ0) is 13.3. The molecule has 0 aliphatic carbocycles. The lowest BCUT2D eigenvalue weighted by atomic mass is 9.92. The van der Waals surface area contributed by atoms with Gasteiger partial charge in [0.05, 0.1) is 12.3 Å². The lowest BCUT2D eigenvalue weighted by molar-refractivity contribution is -0.306. The fourth-order valence-electron chi connectivity index (χ4n) is 2.40. The molecule has 5 nitrogen and oxygen atoms in total. The molecule has 1 atom stereocenters. The van der Waals surface area contributed by atoms with Crippen molar-refractivity contribution < 1.29 is 18.3 Å². The lowest BCUT2D eigenvalue weighted by Gasteiger charge is -2.35. The van der Waals surface area contributed by atoms with Crippen molar-refractivity contribution in [3.05, 3.63) is 35.4 Å². The predicted molar refractivity (Wildman–Crippen MR) is 64.1 cm³/mol. The number of benzene rings is 1. The van der Waals surface area contributed by atoms with Gasteiger partial charge in [0.15, 0.2) is 0 Å². The molecule has 0 fully saturated rings. The third-order valence-corrected chi connectivity index (χ3v) is 4.44. The summed E-state index contributed by atoms with van der Waals surface area (Å²) in [5, 5.41) is 10.8. The molecule has 0 radical (unpaired) electrons. The number of fused-ring (bicyclic) bond motifs is 1. The quantitative estimate of drug-likeness (QED) is 0.753. The number of sulfonamides is 1. The fraction of sp³-hybridized carbons (Fsp3) is 0.417. The monoisotopic (exact) mass is 268 g/mol. The van der Waals surface area contributed by atoms with Gasteiger partial charge < -0.3 is 9.90 Å². The van der Waals surface area contributed by atoms with Crippen LogP contribution in [-0.2, 0) is 21.2 Å². The average molecular weight is 268 g/mol. The standard InChI is InChI=1S/C12H15NO4S/c1-18(16,17)13-7-6-9-4-2-3-5-10(9)11(13)8-12(14)15/h2-5,11H,6-8H2,1H3,(H,14,15)/p-1/t11-/m0/s1. The molecule has 0 saturated carbocycles. The van der Waals surface area contributed by atoms with Crippen molar-refractivity contribution >= 4 is 16.0 Å². The van der Waals surface area contributed by atoms with Gasteiger partial charge in [0.1, 0.15) is 0 Å². The molecule has 0 unspecified atom stereocenters. The number of rotatable bonds is 3. The van der Waals surface area contributed by atoms with Crippen LogP contribution in [0.2, 0.25) is 0 Å². The summed E-state index contributed by atoms with van der Waals surface area (Å²) < 4.78 is 24.6. The number of hydrogen-bond acceptors (Lipinski definition) is 4. The number of aliphatic carboxylic acids is 1. The van der Waals surface area contributed by atoms with Crippen LogP contribution in [0, 0.1) is 0 Å². The van der Waals surface area contributed by atoms with Gasteiger partial charge >= 0.3 is 0 Å². The third kappa shape index (κ3) is 2.54. The molecule has 0 amide bonds. The van der Waals surface area contributed by atoms with Gasteiger partial charge in [-0.2, -0.15) is 4.31 Å². The van der Waals surface area contributed by atoms with Crippen LogP contribution in [0.25, 0.3) is 0 Å². The highest BCUT2D eigenvalue weighted by atomic mass is 32.2. The number of carbonyl (C=O) groups excluding carboxylic acids is 1. The van der Waals surface area contributed by atoms with E-state index in [2.05, 4.69) is 0 Å². The van der Waals surface area contributed by atoms with Crippen LogP contribution < -0.4 is 5.11 Å². The number of carboxylic acids is 1. The second-order valence-corrected chi connectivity index (χ2v) is 6.35. The second-order valence-electron chi connectivity index (χ2n) is 4.41. The van der Waals surface area contributed by atoms with Gasteiger partial charge in [-0.25, -0.2) is 8.42 Å². The Morgan fingerprint density at radius 2 is 2.11 bits per heavy atom. The molecule has 1 aromatic rings. The summed E-state index contributed by atoms with van der Waals surface area (Å²) in [5.74, 6) is -1.25. The van der Waals surface area contributed by atoms with Gasteiger partial charge in [0.2, 0.25) is 10.0 Å². The van der Waals surface area contributed by atoms with E-state index in [1.807, 2.05) is 12.1 Å². The molecule has 0 bridgehead atoms. The van der Waals surface area contributed by atoms with Gasteiger partial charge in [-0.3, -0.25) is 0 Å². The van der Waals surface area contributed by atoms with Crippen molar-refractivity contribution in [2.75, 3.05) is 12.8 Å². The topological polar surface area (TPSA) is 77.5 Å². The van der Waals surface area contributed by atoms with E-state index in [1.165, 1.54) is 4.31 Å². The molecule has 0 spiro atoms. The summed E-state index contributed by atoms with van der Waals surface area (Å²) in [7, 11) is -3.42. The molecule has 0 saturated heterocycles. The summed E-state index contributed by atoms with van der Waals surface area (Å²) in [6.45, 7) is 0.313. The van der Waals surface area contributed by atoms with E-state index in [0.29, 0.717) is 13.0 Å². The minimum absolute atomic E-state index is 0.313. The zero-order valence-corrected chi connectivity index (χ0v) is 10.8. The Balaban J connectivity index is 2.46. The molecule has 18 heavy (non-hydrogen) atoms. The first-order chi connectivity index (χ1) is 8.39. The molecular formula is C12H14NO4S-.